The van der Waals surface area contributed by atoms with Crippen molar-refractivity contribution < 1.29 is 18.3 Å². The molecule has 25 heavy (non-hydrogen) atoms. The molecular weight excluding hydrogens is 328 g/mol. The highest BCUT2D eigenvalue weighted by atomic mass is 19.1. The van der Waals surface area contributed by atoms with Crippen LogP contribution < -0.4 is 10.1 Å². The van der Waals surface area contributed by atoms with E-state index in [0.717, 1.165) is 17.8 Å². The van der Waals surface area contributed by atoms with Crippen molar-refractivity contribution in [2.24, 2.45) is 0 Å². The Bertz CT molecular complexity index is 901. The number of hydrogen-bond acceptors (Lipinski definition) is 3. The molecule has 0 aliphatic heterocycles. The number of carbonyl (C=O) groups excluding carboxylic acids is 1. The van der Waals surface area contributed by atoms with Crippen molar-refractivity contribution in [2.75, 3.05) is 5.32 Å². The summed E-state index contributed by atoms with van der Waals surface area (Å²) in [6.07, 6.45) is 0. The molecule has 0 bridgehead atoms. The Hall–Kier alpha value is -3.22. The molecular formula is C18H15F2N3O2. The van der Waals surface area contributed by atoms with Gasteiger partial charge in [-0.2, -0.15) is 5.10 Å². The molecule has 2 N–H and O–H groups in total. The molecule has 0 radical (unpaired) electrons. The van der Waals surface area contributed by atoms with Gasteiger partial charge in [0.25, 0.3) is 5.91 Å². The highest BCUT2D eigenvalue weighted by Crippen LogP contribution is 2.25. The predicted molar refractivity (Wildman–Crippen MR) is 88.9 cm³/mol. The van der Waals surface area contributed by atoms with Gasteiger partial charge in [-0.25, -0.2) is 8.78 Å². The first kappa shape index (κ1) is 16.6. The number of nitrogens with one attached hydrogen (secondary N) is 2. The Morgan fingerprint density at radius 3 is 2.44 bits per heavy atom. The standard InChI is InChI=1S/C18H15F2N3O2/c1-10-17(11(2)23-22-10)21-18(24)12-3-6-14(7-4-12)25-16-8-5-13(19)9-15(16)20/h3-9H,1-2H3,(H,21,24)(H,22,23). The van der Waals surface area contributed by atoms with Gasteiger partial charge in [-0.05, 0) is 50.2 Å². The van der Waals surface area contributed by atoms with Crippen LogP contribution in [-0.4, -0.2) is 16.1 Å². The maximum atomic E-state index is 13.6. The van der Waals surface area contributed by atoms with Gasteiger partial charge >= 0.3 is 0 Å². The Morgan fingerprint density at radius 1 is 1.12 bits per heavy atom. The highest BCUT2D eigenvalue weighted by molar-refractivity contribution is 6.04. The third kappa shape index (κ3) is 3.65. The summed E-state index contributed by atoms with van der Waals surface area (Å²) in [6, 6.07) is 9.23. The molecule has 5 nitrogen and oxygen atoms in total. The first-order chi connectivity index (χ1) is 11.9. The first-order valence-corrected chi connectivity index (χ1v) is 7.50. The van der Waals surface area contributed by atoms with E-state index in [2.05, 4.69) is 15.5 Å². The fraction of sp³-hybridized carbons (Fsp3) is 0.111. The van der Waals surface area contributed by atoms with E-state index in [-0.39, 0.29) is 11.7 Å². The molecule has 1 heterocycles. The van der Waals surface area contributed by atoms with Gasteiger partial charge in [0, 0.05) is 11.6 Å². The fourth-order valence-corrected chi connectivity index (χ4v) is 2.28. The van der Waals surface area contributed by atoms with Gasteiger partial charge in [0.1, 0.15) is 11.6 Å². The summed E-state index contributed by atoms with van der Waals surface area (Å²) in [5.41, 5.74) is 2.50. The molecule has 3 aromatic rings. The number of rotatable bonds is 4. The minimum Gasteiger partial charge on any atom is -0.454 e. The number of aromatic nitrogens is 2. The Morgan fingerprint density at radius 2 is 1.84 bits per heavy atom. The number of anilines is 1. The van der Waals surface area contributed by atoms with Gasteiger partial charge in [0.05, 0.1) is 17.1 Å². The van der Waals surface area contributed by atoms with Crippen molar-refractivity contribution in [1.82, 2.24) is 10.2 Å². The molecule has 128 valence electrons. The summed E-state index contributed by atoms with van der Waals surface area (Å²) in [5.74, 6) is -1.54. The lowest BCUT2D eigenvalue weighted by Gasteiger charge is -2.08. The maximum absolute atomic E-state index is 13.6. The molecule has 7 heteroatoms. The molecule has 0 spiro atoms. The lowest BCUT2D eigenvalue weighted by molar-refractivity contribution is 0.102. The van der Waals surface area contributed by atoms with Crippen LogP contribution in [0.15, 0.2) is 42.5 Å². The van der Waals surface area contributed by atoms with E-state index in [0.29, 0.717) is 22.7 Å². The van der Waals surface area contributed by atoms with E-state index in [9.17, 15) is 13.6 Å². The monoisotopic (exact) mass is 343 g/mol. The number of amides is 1. The average molecular weight is 343 g/mol. The van der Waals surface area contributed by atoms with Crippen LogP contribution in [0, 0.1) is 25.5 Å². The van der Waals surface area contributed by atoms with E-state index in [1.165, 1.54) is 18.2 Å². The zero-order valence-corrected chi connectivity index (χ0v) is 13.6. The summed E-state index contributed by atoms with van der Waals surface area (Å²) < 4.78 is 31.8. The second-order valence-corrected chi connectivity index (χ2v) is 5.46. The van der Waals surface area contributed by atoms with Crippen LogP contribution in [-0.2, 0) is 0 Å². The summed E-state index contributed by atoms with van der Waals surface area (Å²) in [4.78, 5) is 12.3. The average Bonchev–Trinajstić information content (AvgIpc) is 2.90. The molecule has 0 aliphatic carbocycles. The molecule has 1 amide bonds. The third-order valence-electron chi connectivity index (χ3n) is 3.60. The number of H-pyrrole nitrogens is 1. The molecule has 0 saturated carbocycles. The predicted octanol–water partition coefficient (Wildman–Crippen LogP) is 4.35. The smallest absolute Gasteiger partial charge is 0.255 e. The number of nitrogens with zero attached hydrogens (tertiary/aromatic N) is 1. The molecule has 0 fully saturated rings. The van der Waals surface area contributed by atoms with Gasteiger partial charge in [0.2, 0.25) is 0 Å². The molecule has 0 saturated heterocycles. The van der Waals surface area contributed by atoms with Crippen LogP contribution in [0.5, 0.6) is 11.5 Å². The summed E-state index contributed by atoms with van der Waals surface area (Å²) in [7, 11) is 0. The van der Waals surface area contributed by atoms with Crippen LogP contribution in [0.25, 0.3) is 0 Å². The zero-order chi connectivity index (χ0) is 18.0. The van der Waals surface area contributed by atoms with Gasteiger partial charge in [-0.3, -0.25) is 9.89 Å². The van der Waals surface area contributed by atoms with Crippen LogP contribution in [0.1, 0.15) is 21.7 Å². The number of aromatic amines is 1. The normalized spacial score (nSPS) is 10.6. The van der Waals surface area contributed by atoms with E-state index < -0.39 is 11.6 Å². The molecule has 0 aliphatic rings. The fourth-order valence-electron chi connectivity index (χ4n) is 2.28. The van der Waals surface area contributed by atoms with Crippen molar-refractivity contribution in [3.8, 4) is 11.5 Å². The second-order valence-electron chi connectivity index (χ2n) is 5.46. The topological polar surface area (TPSA) is 67.0 Å². The minimum absolute atomic E-state index is 0.0942. The quantitative estimate of drug-likeness (QED) is 0.740. The first-order valence-electron chi connectivity index (χ1n) is 7.50. The largest absolute Gasteiger partial charge is 0.454 e. The van der Waals surface area contributed by atoms with Crippen molar-refractivity contribution in [2.45, 2.75) is 13.8 Å². The van der Waals surface area contributed by atoms with Crippen LogP contribution in [0.3, 0.4) is 0 Å². The van der Waals surface area contributed by atoms with Gasteiger partial charge in [-0.1, -0.05) is 0 Å². The van der Waals surface area contributed by atoms with Gasteiger partial charge in [-0.15, -0.1) is 0 Å². The van der Waals surface area contributed by atoms with E-state index in [1.807, 2.05) is 6.92 Å². The number of carbonyl (C=O) groups is 1. The van der Waals surface area contributed by atoms with E-state index in [4.69, 9.17) is 4.74 Å². The summed E-state index contributed by atoms with van der Waals surface area (Å²) >= 11 is 0. The zero-order valence-electron chi connectivity index (χ0n) is 13.6. The lowest BCUT2D eigenvalue weighted by atomic mass is 10.2. The SMILES string of the molecule is Cc1n[nH]c(C)c1NC(=O)c1ccc(Oc2ccc(F)cc2F)cc1. The number of ether oxygens (including phenoxy) is 1. The van der Waals surface area contributed by atoms with Crippen molar-refractivity contribution >= 4 is 11.6 Å². The van der Waals surface area contributed by atoms with Crippen molar-refractivity contribution in [1.29, 1.82) is 0 Å². The minimum atomic E-state index is -0.798. The molecule has 0 atom stereocenters. The van der Waals surface area contributed by atoms with Crippen LogP contribution in [0.4, 0.5) is 14.5 Å². The van der Waals surface area contributed by atoms with Crippen LogP contribution >= 0.6 is 0 Å². The summed E-state index contributed by atoms with van der Waals surface area (Å²) in [5, 5.41) is 9.59. The Kier molecular flexibility index (Phi) is 4.47. The number of halogens is 2. The van der Waals surface area contributed by atoms with Crippen LogP contribution in [0.2, 0.25) is 0 Å². The number of hydrogen-bond donors (Lipinski definition) is 2. The molecule has 0 unspecified atom stereocenters. The molecule has 3 rings (SSSR count). The number of aryl methyl sites for hydroxylation is 2. The highest BCUT2D eigenvalue weighted by Gasteiger charge is 2.12. The number of benzene rings is 2. The van der Waals surface area contributed by atoms with Gasteiger partial charge < -0.3 is 10.1 Å². The van der Waals surface area contributed by atoms with E-state index >= 15 is 0 Å². The van der Waals surface area contributed by atoms with Gasteiger partial charge in [0.15, 0.2) is 11.6 Å². The Labute approximate surface area is 142 Å². The Balaban J connectivity index is 1.72. The molecule has 1 aromatic heterocycles. The summed E-state index contributed by atoms with van der Waals surface area (Å²) in [6.45, 7) is 3.59. The maximum Gasteiger partial charge on any atom is 0.255 e. The molecule has 2 aromatic carbocycles. The van der Waals surface area contributed by atoms with Crippen molar-refractivity contribution in [3.05, 3.63) is 71.1 Å². The van der Waals surface area contributed by atoms with E-state index in [1.54, 1.807) is 19.1 Å². The second kappa shape index (κ2) is 6.72. The third-order valence-corrected chi connectivity index (χ3v) is 3.60. The van der Waals surface area contributed by atoms with Crippen molar-refractivity contribution in [3.63, 3.8) is 0 Å². The lowest BCUT2D eigenvalue weighted by Crippen LogP contribution is -2.12.